The summed E-state index contributed by atoms with van der Waals surface area (Å²) in [4.78, 5) is 22.3. The number of anilines is 1. The first-order chi connectivity index (χ1) is 12.9. The zero-order valence-corrected chi connectivity index (χ0v) is 15.5. The number of carbonyl (C=O) groups excluding carboxylic acids is 1. The summed E-state index contributed by atoms with van der Waals surface area (Å²) in [5, 5.41) is 25.0. The highest BCUT2D eigenvalue weighted by Crippen LogP contribution is 2.36. The topological polar surface area (TPSA) is 119 Å². The molecule has 142 valence electrons. The smallest absolute Gasteiger partial charge is 0.411 e. The molecule has 1 amide bonds. The van der Waals surface area contributed by atoms with Gasteiger partial charge in [-0.15, -0.1) is 11.7 Å². The molecule has 27 heavy (non-hydrogen) atoms. The second kappa shape index (κ2) is 9.06. The average molecular weight is 392 g/mol. The number of hydrogen-bond acceptors (Lipinski definition) is 7. The van der Waals surface area contributed by atoms with Gasteiger partial charge >= 0.3 is 6.09 Å². The van der Waals surface area contributed by atoms with Crippen molar-refractivity contribution in [1.29, 1.82) is 0 Å². The zero-order chi connectivity index (χ0) is 20.0. The highest BCUT2D eigenvalue weighted by Gasteiger charge is 2.22. The van der Waals surface area contributed by atoms with E-state index in [4.69, 9.17) is 11.6 Å². The van der Waals surface area contributed by atoms with Crippen molar-refractivity contribution in [2.75, 3.05) is 19.5 Å². The Morgan fingerprint density at radius 2 is 2.15 bits per heavy atom. The third-order valence-corrected chi connectivity index (χ3v) is 4.07. The third-order valence-electron chi connectivity index (χ3n) is 3.79. The van der Waals surface area contributed by atoms with Crippen LogP contribution in [0.4, 0.5) is 16.2 Å². The number of methoxy groups -OCH3 is 1. The van der Waals surface area contributed by atoms with Gasteiger partial charge in [0.25, 0.3) is 5.69 Å². The number of carbonyl (C=O) groups is 1. The highest BCUT2D eigenvalue weighted by molar-refractivity contribution is 6.32. The fraction of sp³-hybridized carbons (Fsp3) is 0.235. The van der Waals surface area contributed by atoms with E-state index in [1.54, 1.807) is 19.2 Å². The number of rotatable bonds is 7. The normalized spacial score (nSPS) is 11.5. The number of amides is 1. The van der Waals surface area contributed by atoms with Crippen molar-refractivity contribution >= 4 is 29.1 Å². The van der Waals surface area contributed by atoms with E-state index in [1.807, 2.05) is 0 Å². The molecule has 2 N–H and O–H groups in total. The Balaban J connectivity index is 2.54. The second-order valence-electron chi connectivity index (χ2n) is 5.44. The molecule has 2 rings (SSSR count). The van der Waals surface area contributed by atoms with Crippen LogP contribution in [0.3, 0.4) is 0 Å². The molecule has 0 radical (unpaired) electrons. The second-order valence-corrected chi connectivity index (χ2v) is 5.80. The number of nitro groups is 1. The largest absolute Gasteiger partial charge is 0.453 e. The van der Waals surface area contributed by atoms with Crippen molar-refractivity contribution in [3.05, 3.63) is 57.9 Å². The standard InChI is InChI=1S/C17H18ClN5O4/c1-4-5-13(19-2)14-9-12(16(18)22-21-14)11-7-6-10(20-17(24)27-3)8-15(11)23(25)26/h4,6-9,13,19H,1,5H2,2-3H3,(H,20,24). The molecular weight excluding hydrogens is 374 g/mol. The molecule has 0 saturated carbocycles. The van der Waals surface area contributed by atoms with E-state index >= 15 is 0 Å². The van der Waals surface area contributed by atoms with Gasteiger partial charge in [-0.25, -0.2) is 4.79 Å². The molecule has 0 spiro atoms. The van der Waals surface area contributed by atoms with Gasteiger partial charge in [0.1, 0.15) is 0 Å². The number of hydrogen-bond donors (Lipinski definition) is 2. The number of halogens is 1. The van der Waals surface area contributed by atoms with Crippen LogP contribution in [0.5, 0.6) is 0 Å². The van der Waals surface area contributed by atoms with Gasteiger partial charge in [-0.3, -0.25) is 15.4 Å². The predicted octanol–water partition coefficient (Wildman–Crippen LogP) is 3.72. The van der Waals surface area contributed by atoms with Crippen molar-refractivity contribution in [3.8, 4) is 11.1 Å². The van der Waals surface area contributed by atoms with E-state index in [2.05, 4.69) is 32.1 Å². The number of aromatic nitrogens is 2. The Hall–Kier alpha value is -3.04. The van der Waals surface area contributed by atoms with E-state index in [0.717, 1.165) is 0 Å². The minimum absolute atomic E-state index is 0.0315. The molecule has 10 heteroatoms. The van der Waals surface area contributed by atoms with E-state index < -0.39 is 11.0 Å². The quantitative estimate of drug-likeness (QED) is 0.419. The first-order valence-electron chi connectivity index (χ1n) is 7.86. The molecular formula is C17H18ClN5O4. The number of benzene rings is 1. The number of nitrogens with zero attached hydrogens (tertiary/aromatic N) is 3. The van der Waals surface area contributed by atoms with E-state index in [9.17, 15) is 14.9 Å². The predicted molar refractivity (Wildman–Crippen MR) is 102 cm³/mol. The van der Waals surface area contributed by atoms with Crippen molar-refractivity contribution in [2.24, 2.45) is 0 Å². The molecule has 1 heterocycles. The minimum Gasteiger partial charge on any atom is -0.453 e. The van der Waals surface area contributed by atoms with Crippen LogP contribution in [0.15, 0.2) is 36.9 Å². The monoisotopic (exact) mass is 391 g/mol. The summed E-state index contributed by atoms with van der Waals surface area (Å²) in [6.07, 6.45) is 1.59. The summed E-state index contributed by atoms with van der Waals surface area (Å²) < 4.78 is 4.49. The van der Waals surface area contributed by atoms with Gasteiger partial charge in [0, 0.05) is 11.6 Å². The molecule has 0 aliphatic rings. The molecule has 0 aliphatic heterocycles. The van der Waals surface area contributed by atoms with Crippen molar-refractivity contribution in [2.45, 2.75) is 12.5 Å². The van der Waals surface area contributed by atoms with Gasteiger partial charge in [0.2, 0.25) is 0 Å². The highest BCUT2D eigenvalue weighted by atomic mass is 35.5. The zero-order valence-electron chi connectivity index (χ0n) is 14.7. The van der Waals surface area contributed by atoms with Crippen LogP contribution in [0.25, 0.3) is 11.1 Å². The lowest BCUT2D eigenvalue weighted by Crippen LogP contribution is -2.17. The van der Waals surface area contributed by atoms with Crippen molar-refractivity contribution in [3.63, 3.8) is 0 Å². The SMILES string of the molecule is C=CCC(NC)c1cc(-c2ccc(NC(=O)OC)cc2[N+](=O)[O-])c(Cl)nn1. The van der Waals surface area contributed by atoms with Crippen LogP contribution < -0.4 is 10.6 Å². The molecule has 1 atom stereocenters. The Labute approximate surface area is 160 Å². The van der Waals surface area contributed by atoms with Gasteiger partial charge in [-0.2, -0.15) is 5.10 Å². The van der Waals surface area contributed by atoms with Crippen LogP contribution in [0, 0.1) is 10.1 Å². The summed E-state index contributed by atoms with van der Waals surface area (Å²) in [7, 11) is 2.96. The van der Waals surface area contributed by atoms with Crippen LogP contribution in [0.1, 0.15) is 18.2 Å². The molecule has 1 aromatic heterocycles. The first kappa shape index (κ1) is 20.3. The molecule has 0 aliphatic carbocycles. The molecule has 0 saturated heterocycles. The van der Waals surface area contributed by atoms with Crippen LogP contribution in [0.2, 0.25) is 5.15 Å². The first-order valence-corrected chi connectivity index (χ1v) is 8.24. The van der Waals surface area contributed by atoms with E-state index in [0.29, 0.717) is 17.7 Å². The Kier molecular flexibility index (Phi) is 6.80. The van der Waals surface area contributed by atoms with Gasteiger partial charge in [0.05, 0.1) is 35.0 Å². The van der Waals surface area contributed by atoms with Crippen LogP contribution in [-0.2, 0) is 4.74 Å². The maximum Gasteiger partial charge on any atom is 0.411 e. The summed E-state index contributed by atoms with van der Waals surface area (Å²) in [6.45, 7) is 3.70. The average Bonchev–Trinajstić information content (AvgIpc) is 2.66. The Morgan fingerprint density at radius 1 is 1.41 bits per heavy atom. The fourth-order valence-electron chi connectivity index (χ4n) is 2.46. The lowest BCUT2D eigenvalue weighted by Gasteiger charge is -2.15. The number of nitro benzene ring substituents is 1. The Bertz CT molecular complexity index is 874. The summed E-state index contributed by atoms with van der Waals surface area (Å²) in [5.41, 5.74) is 1.17. The maximum absolute atomic E-state index is 11.5. The summed E-state index contributed by atoms with van der Waals surface area (Å²) in [5.74, 6) is 0. The Morgan fingerprint density at radius 3 is 2.74 bits per heavy atom. The third kappa shape index (κ3) is 4.78. The molecule has 9 nitrogen and oxygen atoms in total. The molecule has 1 aromatic carbocycles. The summed E-state index contributed by atoms with van der Waals surface area (Å²) in [6, 6.07) is 5.70. The molecule has 0 bridgehead atoms. The molecule has 0 fully saturated rings. The van der Waals surface area contributed by atoms with E-state index in [1.165, 1.54) is 25.3 Å². The fourth-order valence-corrected chi connectivity index (χ4v) is 2.66. The minimum atomic E-state index is -0.732. The van der Waals surface area contributed by atoms with Crippen molar-refractivity contribution in [1.82, 2.24) is 15.5 Å². The van der Waals surface area contributed by atoms with Crippen LogP contribution >= 0.6 is 11.6 Å². The molecule has 1 unspecified atom stereocenters. The lowest BCUT2D eigenvalue weighted by molar-refractivity contribution is -0.384. The number of nitrogens with one attached hydrogen (secondary N) is 2. The van der Waals surface area contributed by atoms with E-state index in [-0.39, 0.29) is 28.1 Å². The number of ether oxygens (including phenoxy) is 1. The van der Waals surface area contributed by atoms with Gasteiger partial charge in [0.15, 0.2) is 5.15 Å². The van der Waals surface area contributed by atoms with Gasteiger partial charge in [-0.1, -0.05) is 17.7 Å². The van der Waals surface area contributed by atoms with Gasteiger partial charge in [-0.05, 0) is 31.7 Å². The maximum atomic E-state index is 11.5. The van der Waals surface area contributed by atoms with Crippen LogP contribution in [-0.4, -0.2) is 35.4 Å². The lowest BCUT2D eigenvalue weighted by atomic mass is 10.0. The van der Waals surface area contributed by atoms with Crippen molar-refractivity contribution < 1.29 is 14.5 Å². The summed E-state index contributed by atoms with van der Waals surface area (Å²) >= 11 is 6.15. The molecule has 2 aromatic rings. The van der Waals surface area contributed by atoms with Gasteiger partial charge < -0.3 is 10.1 Å².